The molecule has 0 saturated carbocycles. The van der Waals surface area contributed by atoms with Gasteiger partial charge >= 0.3 is 0 Å². The molecule has 0 aliphatic carbocycles. The summed E-state index contributed by atoms with van der Waals surface area (Å²) in [6.07, 6.45) is 1.94. The van der Waals surface area contributed by atoms with Gasteiger partial charge in [0, 0.05) is 41.4 Å². The molecule has 1 atom stereocenters. The summed E-state index contributed by atoms with van der Waals surface area (Å²) in [6.45, 7) is 1.71. The van der Waals surface area contributed by atoms with Crippen LogP contribution in [0.3, 0.4) is 0 Å². The van der Waals surface area contributed by atoms with Crippen molar-refractivity contribution in [2.24, 2.45) is 0 Å². The number of rotatable bonds is 4. The molecule has 30 heavy (non-hydrogen) atoms. The molecule has 8 nitrogen and oxygen atoms in total. The summed E-state index contributed by atoms with van der Waals surface area (Å²) in [7, 11) is 1.62. The van der Waals surface area contributed by atoms with E-state index in [1.165, 1.54) is 11.3 Å². The van der Waals surface area contributed by atoms with Crippen molar-refractivity contribution in [1.29, 1.82) is 0 Å². The fourth-order valence-corrected chi connectivity index (χ4v) is 4.94. The molecule has 2 aliphatic heterocycles. The molecule has 2 aliphatic rings. The van der Waals surface area contributed by atoms with Crippen molar-refractivity contribution >= 4 is 39.2 Å². The number of methoxy groups -OCH3 is 1. The first-order chi connectivity index (χ1) is 14.6. The second-order valence-electron chi connectivity index (χ2n) is 7.49. The van der Waals surface area contributed by atoms with Crippen LogP contribution in [0.1, 0.15) is 33.9 Å². The number of carbonyl (C=O) groups is 2. The van der Waals surface area contributed by atoms with Crippen molar-refractivity contribution in [1.82, 2.24) is 14.9 Å². The number of ether oxygens (including phenoxy) is 2. The van der Waals surface area contributed by atoms with Crippen LogP contribution in [0.5, 0.6) is 5.75 Å². The highest BCUT2D eigenvalue weighted by molar-refractivity contribution is 7.15. The van der Waals surface area contributed by atoms with E-state index in [9.17, 15) is 9.59 Å². The monoisotopic (exact) mass is 426 g/mol. The van der Waals surface area contributed by atoms with Crippen LogP contribution in [0.25, 0.3) is 10.9 Å². The van der Waals surface area contributed by atoms with Gasteiger partial charge in [-0.3, -0.25) is 14.9 Å². The van der Waals surface area contributed by atoms with E-state index in [4.69, 9.17) is 9.47 Å². The first-order valence-corrected chi connectivity index (χ1v) is 10.8. The highest BCUT2D eigenvalue weighted by Crippen LogP contribution is 2.30. The lowest BCUT2D eigenvalue weighted by Crippen LogP contribution is -2.35. The van der Waals surface area contributed by atoms with Crippen molar-refractivity contribution in [3.05, 3.63) is 40.5 Å². The number of amides is 2. The molecular formula is C21H22N4O4S. The summed E-state index contributed by atoms with van der Waals surface area (Å²) >= 11 is 1.43. The zero-order valence-corrected chi connectivity index (χ0v) is 17.4. The molecule has 5 rings (SSSR count). The maximum atomic E-state index is 13.1. The van der Waals surface area contributed by atoms with Crippen LogP contribution in [-0.4, -0.2) is 53.0 Å². The Balaban J connectivity index is 1.30. The number of thiazole rings is 1. The summed E-state index contributed by atoms with van der Waals surface area (Å²) in [5, 5.41) is 4.41. The third-order valence-electron chi connectivity index (χ3n) is 5.53. The summed E-state index contributed by atoms with van der Waals surface area (Å²) in [6, 6.07) is 7.56. The van der Waals surface area contributed by atoms with Crippen LogP contribution in [-0.2, 0) is 22.5 Å². The Morgan fingerprint density at radius 1 is 1.37 bits per heavy atom. The molecular weight excluding hydrogens is 404 g/mol. The van der Waals surface area contributed by atoms with Crippen LogP contribution < -0.4 is 10.1 Å². The summed E-state index contributed by atoms with van der Waals surface area (Å²) in [5.74, 6) is 0.558. The van der Waals surface area contributed by atoms with Crippen LogP contribution in [0, 0.1) is 0 Å². The number of carbonyl (C=O) groups excluding carboxylic acids is 2. The lowest BCUT2D eigenvalue weighted by Gasteiger charge is -2.25. The van der Waals surface area contributed by atoms with Crippen LogP contribution >= 0.6 is 11.3 Å². The van der Waals surface area contributed by atoms with Gasteiger partial charge in [0.05, 0.1) is 19.3 Å². The highest BCUT2D eigenvalue weighted by atomic mass is 32.1. The van der Waals surface area contributed by atoms with Crippen molar-refractivity contribution < 1.29 is 19.1 Å². The van der Waals surface area contributed by atoms with Gasteiger partial charge < -0.3 is 19.4 Å². The molecule has 1 fully saturated rings. The molecule has 2 N–H and O–H groups in total. The number of benzene rings is 1. The summed E-state index contributed by atoms with van der Waals surface area (Å²) in [4.78, 5) is 35.9. The van der Waals surface area contributed by atoms with E-state index in [0.29, 0.717) is 36.9 Å². The zero-order chi connectivity index (χ0) is 20.7. The molecule has 0 radical (unpaired) electrons. The fraction of sp³-hybridized carbons (Fsp3) is 0.381. The molecule has 156 valence electrons. The third kappa shape index (κ3) is 3.54. The van der Waals surface area contributed by atoms with Gasteiger partial charge in [-0.15, -0.1) is 0 Å². The topological polar surface area (TPSA) is 96.6 Å². The maximum Gasteiger partial charge on any atom is 0.270 e. The normalized spacial score (nSPS) is 18.4. The average Bonchev–Trinajstić information content (AvgIpc) is 3.50. The molecule has 3 aromatic rings. The number of nitrogens with one attached hydrogen (secondary N) is 2. The molecule has 0 spiro atoms. The Morgan fingerprint density at radius 2 is 2.27 bits per heavy atom. The van der Waals surface area contributed by atoms with E-state index in [-0.39, 0.29) is 17.9 Å². The molecule has 1 unspecified atom stereocenters. The summed E-state index contributed by atoms with van der Waals surface area (Å²) in [5.41, 5.74) is 2.37. The molecule has 2 aromatic heterocycles. The molecule has 1 aromatic carbocycles. The van der Waals surface area contributed by atoms with Gasteiger partial charge in [0.1, 0.15) is 17.5 Å². The first-order valence-electron chi connectivity index (χ1n) is 9.98. The number of H-pyrrole nitrogens is 1. The first kappa shape index (κ1) is 19.1. The van der Waals surface area contributed by atoms with Gasteiger partial charge in [0.15, 0.2) is 5.13 Å². The van der Waals surface area contributed by atoms with E-state index in [1.54, 1.807) is 7.11 Å². The van der Waals surface area contributed by atoms with Crippen molar-refractivity contribution in [2.75, 3.05) is 25.6 Å². The minimum absolute atomic E-state index is 0.0471. The van der Waals surface area contributed by atoms with Crippen LogP contribution in [0.2, 0.25) is 0 Å². The Labute approximate surface area is 177 Å². The summed E-state index contributed by atoms with van der Waals surface area (Å²) < 4.78 is 10.7. The zero-order valence-electron chi connectivity index (χ0n) is 16.6. The number of hydrogen-bond acceptors (Lipinski definition) is 6. The number of hydrogen-bond donors (Lipinski definition) is 2. The standard InChI is InChI=1S/C21H22N4O4S/c1-28-13-5-4-12-9-16(22-15(12)10-13)20(27)25-7-6-14-18(11-25)30-21(23-14)24-19(26)17-3-2-8-29-17/h4-5,9-10,17,22H,2-3,6-8,11H2,1H3,(H,23,24,26). The van der Waals surface area contributed by atoms with Crippen LogP contribution in [0.4, 0.5) is 5.13 Å². The minimum Gasteiger partial charge on any atom is -0.497 e. The minimum atomic E-state index is -0.385. The van der Waals surface area contributed by atoms with E-state index in [0.717, 1.165) is 40.1 Å². The average molecular weight is 426 g/mol. The molecule has 2 amide bonds. The van der Waals surface area contributed by atoms with Gasteiger partial charge in [-0.2, -0.15) is 0 Å². The largest absolute Gasteiger partial charge is 0.497 e. The lowest BCUT2D eigenvalue weighted by molar-refractivity contribution is -0.124. The SMILES string of the molecule is COc1ccc2cc(C(=O)N3CCc4nc(NC(=O)C5CCCO5)sc4C3)[nH]c2c1. The number of anilines is 1. The van der Waals surface area contributed by atoms with Gasteiger partial charge in [-0.25, -0.2) is 4.98 Å². The van der Waals surface area contributed by atoms with E-state index in [1.807, 2.05) is 29.2 Å². The second kappa shape index (κ2) is 7.73. The lowest BCUT2D eigenvalue weighted by atomic mass is 10.1. The number of fused-ring (bicyclic) bond motifs is 2. The Hall–Kier alpha value is -2.91. The molecule has 1 saturated heterocycles. The molecule has 0 bridgehead atoms. The van der Waals surface area contributed by atoms with E-state index >= 15 is 0 Å². The van der Waals surface area contributed by atoms with Crippen molar-refractivity contribution in [3.8, 4) is 5.75 Å². The predicted molar refractivity (Wildman–Crippen MR) is 113 cm³/mol. The number of aromatic amines is 1. The van der Waals surface area contributed by atoms with Gasteiger partial charge in [-0.1, -0.05) is 11.3 Å². The Morgan fingerprint density at radius 3 is 3.07 bits per heavy atom. The van der Waals surface area contributed by atoms with Gasteiger partial charge in [-0.05, 0) is 31.0 Å². The van der Waals surface area contributed by atoms with Gasteiger partial charge in [0.25, 0.3) is 11.8 Å². The van der Waals surface area contributed by atoms with Crippen molar-refractivity contribution in [3.63, 3.8) is 0 Å². The Kier molecular flexibility index (Phi) is 4.92. The Bertz CT molecular complexity index is 1120. The fourth-order valence-electron chi connectivity index (χ4n) is 3.91. The quantitative estimate of drug-likeness (QED) is 0.669. The highest BCUT2D eigenvalue weighted by Gasteiger charge is 2.28. The van der Waals surface area contributed by atoms with E-state index < -0.39 is 0 Å². The van der Waals surface area contributed by atoms with Gasteiger partial charge in [0.2, 0.25) is 0 Å². The van der Waals surface area contributed by atoms with Crippen molar-refractivity contribution in [2.45, 2.75) is 31.9 Å². The number of aromatic nitrogens is 2. The number of nitrogens with zero attached hydrogens (tertiary/aromatic N) is 2. The maximum absolute atomic E-state index is 13.1. The molecule has 9 heteroatoms. The van der Waals surface area contributed by atoms with Crippen LogP contribution in [0.15, 0.2) is 24.3 Å². The third-order valence-corrected chi connectivity index (χ3v) is 6.53. The smallest absolute Gasteiger partial charge is 0.270 e. The second-order valence-corrected chi connectivity index (χ2v) is 8.58. The predicted octanol–water partition coefficient (Wildman–Crippen LogP) is 2.95. The molecule has 4 heterocycles. The van der Waals surface area contributed by atoms with E-state index in [2.05, 4.69) is 15.3 Å².